The number of nitrogens with one attached hydrogen (secondary N) is 1. The topological polar surface area (TPSA) is 136 Å². The van der Waals surface area contributed by atoms with Crippen molar-refractivity contribution in [3.8, 4) is 0 Å². The number of pyridine rings is 1. The van der Waals surface area contributed by atoms with E-state index >= 15 is 0 Å². The number of rotatable bonds is 4. The minimum absolute atomic E-state index is 0.124. The highest BCUT2D eigenvalue weighted by molar-refractivity contribution is 6.00. The average Bonchev–Trinajstić information content (AvgIpc) is 3.37. The van der Waals surface area contributed by atoms with Crippen LogP contribution in [0.2, 0.25) is 0 Å². The molecule has 1 aromatic carbocycles. The highest BCUT2D eigenvalue weighted by atomic mass is 16.6. The number of piperidine rings is 1. The van der Waals surface area contributed by atoms with E-state index in [2.05, 4.69) is 21.3 Å². The number of imidazole rings is 1. The molecule has 40 heavy (non-hydrogen) atoms. The van der Waals surface area contributed by atoms with Gasteiger partial charge in [0.15, 0.2) is 6.20 Å². The monoisotopic (exact) mass is 551 g/mol. The maximum atomic E-state index is 13.0. The fourth-order valence-electron chi connectivity index (χ4n) is 5.61. The number of aromatic nitrogens is 3. The van der Waals surface area contributed by atoms with Crippen molar-refractivity contribution in [3.05, 3.63) is 57.1 Å². The number of benzene rings is 1. The molecule has 1 aliphatic carbocycles. The third-order valence-electron chi connectivity index (χ3n) is 7.86. The lowest BCUT2D eigenvalue weighted by Crippen LogP contribution is -2.44. The van der Waals surface area contributed by atoms with Crippen molar-refractivity contribution < 1.29 is 14.5 Å². The number of hydrogen-bond donors (Lipinski definition) is 1. The fraction of sp³-hybridized carbons (Fsp3) is 0.500. The van der Waals surface area contributed by atoms with Crippen LogP contribution in [0.25, 0.3) is 11.0 Å². The summed E-state index contributed by atoms with van der Waals surface area (Å²) >= 11 is 0. The first-order valence-electron chi connectivity index (χ1n) is 13.7. The van der Waals surface area contributed by atoms with Gasteiger partial charge in [-0.3, -0.25) is 24.0 Å². The molecular weight excluding hydrogens is 514 g/mol. The Morgan fingerprint density at radius 2 is 1.70 bits per heavy atom. The van der Waals surface area contributed by atoms with E-state index in [1.807, 2.05) is 45.0 Å². The van der Waals surface area contributed by atoms with Gasteiger partial charge in [0, 0.05) is 46.7 Å². The Labute approximate surface area is 232 Å². The molecule has 0 bridgehead atoms. The molecule has 3 aliphatic rings. The Morgan fingerprint density at radius 3 is 2.23 bits per heavy atom. The molecule has 0 spiro atoms. The predicted molar refractivity (Wildman–Crippen MR) is 154 cm³/mol. The van der Waals surface area contributed by atoms with Gasteiger partial charge in [-0.2, -0.15) is 0 Å². The maximum Gasteiger partial charge on any atom is 0.363 e. The van der Waals surface area contributed by atoms with Gasteiger partial charge in [-0.1, -0.05) is 19.9 Å². The number of anilines is 2. The number of fused-ring (bicyclic) bond motifs is 2. The van der Waals surface area contributed by atoms with Crippen molar-refractivity contribution in [1.29, 1.82) is 0 Å². The number of imide groups is 1. The minimum Gasteiger partial charge on any atom is -0.375 e. The molecule has 2 aliphatic heterocycles. The maximum absolute atomic E-state index is 13.0. The van der Waals surface area contributed by atoms with E-state index in [9.17, 15) is 24.5 Å². The normalized spacial score (nSPS) is 21.3. The standard InChI is InChI=1S/C19H22N4O3.C7H9N3O2.C2H6/c1-21-17-13(22-9-11-5-6-12(11)10-22)3-2-4-14(17)23(19(21)26)15-7-8-16(24)20-18(15)25;1-9(2)6-3-4-7(8-5-6)10(11)12;1-2/h2-4,11-12,15H,5-10H2,1H3,(H,20,24,25);3-5H,1-2H3;1-2H3. The summed E-state index contributed by atoms with van der Waals surface area (Å²) in [5.41, 5.74) is 3.36. The van der Waals surface area contributed by atoms with E-state index in [-0.39, 0.29) is 29.7 Å². The Bertz CT molecular complexity index is 1450. The van der Waals surface area contributed by atoms with E-state index < -0.39 is 11.0 Å². The van der Waals surface area contributed by atoms with Crippen LogP contribution in [-0.2, 0) is 16.6 Å². The van der Waals surface area contributed by atoms with E-state index in [0.29, 0.717) is 6.42 Å². The molecule has 1 saturated carbocycles. The van der Waals surface area contributed by atoms with Crippen LogP contribution < -0.4 is 20.8 Å². The molecule has 3 atom stereocenters. The van der Waals surface area contributed by atoms with E-state index in [4.69, 9.17) is 0 Å². The highest BCUT2D eigenvalue weighted by Crippen LogP contribution is 2.43. The summed E-state index contributed by atoms with van der Waals surface area (Å²) in [6.07, 6.45) is 4.69. The van der Waals surface area contributed by atoms with Gasteiger partial charge in [-0.05, 0) is 59.2 Å². The van der Waals surface area contributed by atoms with Gasteiger partial charge in [-0.15, -0.1) is 0 Å². The van der Waals surface area contributed by atoms with Gasteiger partial charge in [0.2, 0.25) is 11.8 Å². The van der Waals surface area contributed by atoms with Crippen LogP contribution in [-0.4, -0.2) is 58.0 Å². The molecule has 3 aromatic rings. The highest BCUT2D eigenvalue weighted by Gasteiger charge is 2.40. The second kappa shape index (κ2) is 11.9. The van der Waals surface area contributed by atoms with E-state index in [1.165, 1.54) is 25.1 Å². The third-order valence-corrected chi connectivity index (χ3v) is 7.86. The Kier molecular flexibility index (Phi) is 8.55. The number of nitrogens with zero attached hydrogens (tertiary/aromatic N) is 6. The van der Waals surface area contributed by atoms with Gasteiger partial charge in [-0.25, -0.2) is 4.79 Å². The van der Waals surface area contributed by atoms with Crippen LogP contribution in [0.3, 0.4) is 0 Å². The largest absolute Gasteiger partial charge is 0.375 e. The first-order valence-corrected chi connectivity index (χ1v) is 13.7. The van der Waals surface area contributed by atoms with E-state index in [1.54, 1.807) is 22.2 Å². The minimum atomic E-state index is -0.631. The van der Waals surface area contributed by atoms with Crippen molar-refractivity contribution in [2.24, 2.45) is 18.9 Å². The van der Waals surface area contributed by atoms with Crippen LogP contribution in [0.5, 0.6) is 0 Å². The van der Waals surface area contributed by atoms with Crippen molar-refractivity contribution in [2.75, 3.05) is 37.0 Å². The SMILES string of the molecule is CC.CN(C)c1ccc([N+](=O)[O-])nc1.Cn1c(=O)n(C2CCC(=O)NC2=O)c2cccc(N3CC4CCC4C3)c21. The molecule has 12 heteroatoms. The fourth-order valence-corrected chi connectivity index (χ4v) is 5.61. The number of nitro groups is 1. The summed E-state index contributed by atoms with van der Waals surface area (Å²) in [6.45, 7) is 6.09. The Morgan fingerprint density at radius 1 is 1.02 bits per heavy atom. The van der Waals surface area contributed by atoms with Gasteiger partial charge in [0.25, 0.3) is 0 Å². The molecule has 214 valence electrons. The van der Waals surface area contributed by atoms with Crippen molar-refractivity contribution in [3.63, 3.8) is 0 Å². The Hall–Kier alpha value is -4.22. The lowest BCUT2D eigenvalue weighted by molar-refractivity contribution is -0.389. The van der Waals surface area contributed by atoms with Gasteiger partial charge >= 0.3 is 11.5 Å². The summed E-state index contributed by atoms with van der Waals surface area (Å²) in [6, 6.07) is 8.34. The van der Waals surface area contributed by atoms with Crippen LogP contribution in [0.1, 0.15) is 45.6 Å². The molecule has 12 nitrogen and oxygen atoms in total. The quantitative estimate of drug-likeness (QED) is 0.297. The number of amides is 2. The molecule has 3 unspecified atom stereocenters. The summed E-state index contributed by atoms with van der Waals surface area (Å²) in [4.78, 5) is 54.3. The molecular formula is C28H37N7O5. The number of para-hydroxylation sites is 1. The van der Waals surface area contributed by atoms with Crippen LogP contribution in [0.4, 0.5) is 17.2 Å². The predicted octanol–water partition coefficient (Wildman–Crippen LogP) is 3.25. The van der Waals surface area contributed by atoms with Crippen molar-refractivity contribution in [1.82, 2.24) is 19.4 Å². The molecule has 4 heterocycles. The van der Waals surface area contributed by atoms with Crippen molar-refractivity contribution >= 4 is 40.0 Å². The molecule has 0 radical (unpaired) electrons. The number of hydrogen-bond acceptors (Lipinski definition) is 8. The number of aryl methyl sites for hydroxylation is 1. The molecule has 2 amide bonds. The first kappa shape index (κ1) is 28.8. The summed E-state index contributed by atoms with van der Waals surface area (Å²) < 4.78 is 3.21. The van der Waals surface area contributed by atoms with Crippen LogP contribution in [0.15, 0.2) is 41.3 Å². The van der Waals surface area contributed by atoms with Crippen molar-refractivity contribution in [2.45, 2.75) is 45.6 Å². The third kappa shape index (κ3) is 5.43. The summed E-state index contributed by atoms with van der Waals surface area (Å²) in [7, 11) is 5.47. The summed E-state index contributed by atoms with van der Waals surface area (Å²) in [5, 5.41) is 12.6. The van der Waals surface area contributed by atoms with Gasteiger partial charge in [0.1, 0.15) is 6.04 Å². The molecule has 2 aromatic heterocycles. The molecule has 2 saturated heterocycles. The zero-order chi connectivity index (χ0) is 29.1. The second-order valence-electron chi connectivity index (χ2n) is 10.4. The lowest BCUT2D eigenvalue weighted by Gasteiger charge is -2.27. The molecule has 6 rings (SSSR count). The smallest absolute Gasteiger partial charge is 0.363 e. The van der Waals surface area contributed by atoms with Crippen LogP contribution in [0, 0.1) is 22.0 Å². The Balaban J connectivity index is 0.000000223. The average molecular weight is 552 g/mol. The zero-order valence-corrected chi connectivity index (χ0v) is 23.7. The van der Waals surface area contributed by atoms with Crippen LogP contribution >= 0.6 is 0 Å². The molecule has 3 fully saturated rings. The number of carbonyl (C=O) groups is 2. The zero-order valence-electron chi connectivity index (χ0n) is 23.7. The van der Waals surface area contributed by atoms with Gasteiger partial charge in [0.05, 0.1) is 22.4 Å². The lowest BCUT2D eigenvalue weighted by atomic mass is 9.77. The molecule has 1 N–H and O–H groups in total. The van der Waals surface area contributed by atoms with E-state index in [0.717, 1.165) is 47.3 Å². The second-order valence-corrected chi connectivity index (χ2v) is 10.4. The number of carbonyl (C=O) groups excluding carboxylic acids is 2. The first-order chi connectivity index (χ1) is 19.2. The summed E-state index contributed by atoms with van der Waals surface area (Å²) in [5.74, 6) is 0.771. The van der Waals surface area contributed by atoms with Gasteiger partial charge < -0.3 is 19.9 Å².